The summed E-state index contributed by atoms with van der Waals surface area (Å²) in [6, 6.07) is 9.67. The molecule has 4 nitrogen and oxygen atoms in total. The van der Waals surface area contributed by atoms with Crippen molar-refractivity contribution in [1.29, 1.82) is 0 Å². The number of benzene rings is 1. The molecule has 116 valence electrons. The van der Waals surface area contributed by atoms with Crippen LogP contribution in [-0.2, 0) is 14.3 Å². The number of carbonyl (C=O) groups excluding carboxylic acids is 1. The molecule has 0 bridgehead atoms. The van der Waals surface area contributed by atoms with E-state index < -0.39 is 11.2 Å². The van der Waals surface area contributed by atoms with E-state index in [-0.39, 0.29) is 12.0 Å². The molecule has 1 unspecified atom stereocenters. The molecule has 0 aliphatic carbocycles. The molecule has 1 fully saturated rings. The smallest absolute Gasteiger partial charge is 0.235 e. The lowest BCUT2D eigenvalue weighted by Crippen LogP contribution is -2.52. The van der Waals surface area contributed by atoms with E-state index in [4.69, 9.17) is 9.47 Å². The largest absolute Gasteiger partial charge is 0.350 e. The van der Waals surface area contributed by atoms with Crippen LogP contribution in [0, 0.1) is 5.41 Å². The molecule has 0 saturated carbocycles. The number of hydrogen-bond donors (Lipinski definition) is 0. The van der Waals surface area contributed by atoms with E-state index in [1.807, 2.05) is 65.1 Å². The van der Waals surface area contributed by atoms with E-state index in [0.717, 1.165) is 12.1 Å². The van der Waals surface area contributed by atoms with Crippen molar-refractivity contribution in [2.45, 2.75) is 46.0 Å². The molecule has 0 radical (unpaired) electrons. The third-order valence-electron chi connectivity index (χ3n) is 4.06. The van der Waals surface area contributed by atoms with Crippen molar-refractivity contribution < 1.29 is 14.3 Å². The maximum absolute atomic E-state index is 12.9. The Hall–Kier alpha value is -1.39. The molecule has 1 aromatic rings. The molecule has 2 rings (SSSR count). The second kappa shape index (κ2) is 5.78. The maximum Gasteiger partial charge on any atom is 0.235 e. The maximum atomic E-state index is 12.9. The number of carbonyl (C=O) groups is 1. The Morgan fingerprint density at radius 3 is 2.48 bits per heavy atom. The zero-order valence-corrected chi connectivity index (χ0v) is 13.6. The molecule has 1 aromatic carbocycles. The summed E-state index contributed by atoms with van der Waals surface area (Å²) >= 11 is 0. The van der Waals surface area contributed by atoms with Gasteiger partial charge in [0.05, 0.1) is 18.1 Å². The lowest BCUT2D eigenvalue weighted by Gasteiger charge is -2.43. The van der Waals surface area contributed by atoms with Gasteiger partial charge in [-0.15, -0.1) is 0 Å². The summed E-state index contributed by atoms with van der Waals surface area (Å²) in [6.45, 7) is 8.28. The minimum atomic E-state index is -0.633. The molecule has 0 N–H and O–H groups in total. The molecule has 0 aromatic heterocycles. The van der Waals surface area contributed by atoms with Crippen molar-refractivity contribution in [3.05, 3.63) is 30.3 Å². The van der Waals surface area contributed by atoms with Crippen LogP contribution in [0.4, 0.5) is 5.69 Å². The van der Waals surface area contributed by atoms with Gasteiger partial charge >= 0.3 is 0 Å². The standard InChI is InChI=1S/C17H25NO3/c1-16(2,14-11-12-20-17(3,4)21-14)15(19)18(5)13-9-7-6-8-10-13/h6-10,14H,11-12H2,1-5H3. The number of nitrogens with zero attached hydrogens (tertiary/aromatic N) is 1. The van der Waals surface area contributed by atoms with E-state index in [2.05, 4.69) is 0 Å². The Bertz CT molecular complexity index is 496. The van der Waals surface area contributed by atoms with Crippen molar-refractivity contribution in [1.82, 2.24) is 0 Å². The first-order valence-corrected chi connectivity index (χ1v) is 7.39. The number of rotatable bonds is 3. The van der Waals surface area contributed by atoms with Crippen LogP contribution in [0.2, 0.25) is 0 Å². The SMILES string of the molecule is CN(C(=O)C(C)(C)C1CCOC(C)(C)O1)c1ccccc1. The lowest BCUT2D eigenvalue weighted by molar-refractivity contribution is -0.288. The predicted molar refractivity (Wildman–Crippen MR) is 83.2 cm³/mol. The molecular weight excluding hydrogens is 266 g/mol. The number of ether oxygens (including phenoxy) is 2. The fraction of sp³-hybridized carbons (Fsp3) is 0.588. The highest BCUT2D eigenvalue weighted by Crippen LogP contribution is 2.35. The summed E-state index contributed by atoms with van der Waals surface area (Å²) in [5.74, 6) is -0.581. The number of para-hydroxylation sites is 1. The Kier molecular flexibility index (Phi) is 4.40. The Labute approximate surface area is 127 Å². The summed E-state index contributed by atoms with van der Waals surface area (Å²) in [4.78, 5) is 14.6. The van der Waals surface area contributed by atoms with Crippen molar-refractivity contribution in [2.75, 3.05) is 18.6 Å². The third kappa shape index (κ3) is 3.44. The zero-order chi connectivity index (χ0) is 15.7. The van der Waals surface area contributed by atoms with Gasteiger partial charge in [0.1, 0.15) is 0 Å². The lowest BCUT2D eigenvalue weighted by atomic mass is 9.82. The van der Waals surface area contributed by atoms with Gasteiger partial charge in [-0.3, -0.25) is 4.79 Å². The highest BCUT2D eigenvalue weighted by Gasteiger charge is 2.44. The van der Waals surface area contributed by atoms with Crippen molar-refractivity contribution in [3.8, 4) is 0 Å². The van der Waals surface area contributed by atoms with Crippen LogP contribution in [0.5, 0.6) is 0 Å². The van der Waals surface area contributed by atoms with Crippen LogP contribution in [-0.4, -0.2) is 31.5 Å². The van der Waals surface area contributed by atoms with Gasteiger partial charge in [0.25, 0.3) is 0 Å². The number of hydrogen-bond acceptors (Lipinski definition) is 3. The van der Waals surface area contributed by atoms with E-state index in [9.17, 15) is 4.79 Å². The van der Waals surface area contributed by atoms with Gasteiger partial charge in [-0.25, -0.2) is 0 Å². The normalized spacial score (nSPS) is 21.9. The van der Waals surface area contributed by atoms with Gasteiger partial charge in [0.15, 0.2) is 5.79 Å². The van der Waals surface area contributed by atoms with Gasteiger partial charge in [0, 0.05) is 12.7 Å². The molecule has 1 heterocycles. The average molecular weight is 291 g/mol. The minimum absolute atomic E-state index is 0.0522. The molecule has 1 amide bonds. The van der Waals surface area contributed by atoms with E-state index in [1.165, 1.54) is 0 Å². The average Bonchev–Trinajstić information content (AvgIpc) is 2.45. The molecule has 4 heteroatoms. The fourth-order valence-corrected chi connectivity index (χ4v) is 2.69. The van der Waals surface area contributed by atoms with E-state index in [0.29, 0.717) is 6.61 Å². The van der Waals surface area contributed by atoms with Gasteiger partial charge in [-0.05, 0) is 46.2 Å². The molecule has 0 spiro atoms. The van der Waals surface area contributed by atoms with Crippen LogP contribution in [0.25, 0.3) is 0 Å². The second-order valence-corrected chi connectivity index (χ2v) is 6.56. The van der Waals surface area contributed by atoms with Crippen LogP contribution in [0.15, 0.2) is 30.3 Å². The van der Waals surface area contributed by atoms with E-state index >= 15 is 0 Å². The van der Waals surface area contributed by atoms with Gasteiger partial charge in [-0.1, -0.05) is 18.2 Å². The second-order valence-electron chi connectivity index (χ2n) is 6.56. The van der Waals surface area contributed by atoms with Crippen LogP contribution in [0.3, 0.4) is 0 Å². The molecule has 21 heavy (non-hydrogen) atoms. The summed E-state index contributed by atoms with van der Waals surface area (Å²) in [5, 5.41) is 0. The molecule has 1 aliphatic heterocycles. The molecule has 1 saturated heterocycles. The van der Waals surface area contributed by atoms with Crippen LogP contribution < -0.4 is 4.90 Å². The number of anilines is 1. The zero-order valence-electron chi connectivity index (χ0n) is 13.6. The highest BCUT2D eigenvalue weighted by atomic mass is 16.7. The molecule has 1 aliphatic rings. The van der Waals surface area contributed by atoms with Crippen LogP contribution in [0.1, 0.15) is 34.1 Å². The predicted octanol–water partition coefficient (Wildman–Crippen LogP) is 3.22. The first-order valence-electron chi connectivity index (χ1n) is 7.39. The summed E-state index contributed by atoms with van der Waals surface area (Å²) in [6.07, 6.45) is 0.574. The Balaban J connectivity index is 2.16. The van der Waals surface area contributed by atoms with Crippen molar-refractivity contribution >= 4 is 11.6 Å². The quantitative estimate of drug-likeness (QED) is 0.858. The van der Waals surface area contributed by atoms with Crippen molar-refractivity contribution in [2.24, 2.45) is 5.41 Å². The monoisotopic (exact) mass is 291 g/mol. The van der Waals surface area contributed by atoms with Gasteiger partial charge in [-0.2, -0.15) is 0 Å². The third-order valence-corrected chi connectivity index (χ3v) is 4.06. The summed E-state index contributed by atoms with van der Waals surface area (Å²) in [7, 11) is 1.81. The van der Waals surface area contributed by atoms with E-state index in [1.54, 1.807) is 4.90 Å². The first kappa shape index (κ1) is 16.0. The van der Waals surface area contributed by atoms with Crippen molar-refractivity contribution in [3.63, 3.8) is 0 Å². The topological polar surface area (TPSA) is 38.8 Å². The molecule has 1 atom stereocenters. The van der Waals surface area contributed by atoms with Crippen LogP contribution >= 0.6 is 0 Å². The number of amides is 1. The van der Waals surface area contributed by atoms with Gasteiger partial charge < -0.3 is 14.4 Å². The van der Waals surface area contributed by atoms with Gasteiger partial charge in [0.2, 0.25) is 5.91 Å². The summed E-state index contributed by atoms with van der Waals surface area (Å²) < 4.78 is 11.5. The minimum Gasteiger partial charge on any atom is -0.350 e. The summed E-state index contributed by atoms with van der Waals surface area (Å²) in [5.41, 5.74) is 0.285. The fourth-order valence-electron chi connectivity index (χ4n) is 2.69. The highest BCUT2D eigenvalue weighted by molar-refractivity contribution is 5.97. The Morgan fingerprint density at radius 2 is 1.90 bits per heavy atom. The Morgan fingerprint density at radius 1 is 1.29 bits per heavy atom. The molecular formula is C17H25NO3. The first-order chi connectivity index (χ1) is 9.74.